The molecule has 20 heavy (non-hydrogen) atoms. The summed E-state index contributed by atoms with van der Waals surface area (Å²) < 4.78 is 27.3. The number of hydrogen-bond acceptors (Lipinski definition) is 2. The van der Waals surface area contributed by atoms with Crippen molar-refractivity contribution in [3.05, 3.63) is 34.9 Å². The van der Waals surface area contributed by atoms with Crippen LogP contribution in [0.1, 0.15) is 63.1 Å². The van der Waals surface area contributed by atoms with Crippen LogP contribution >= 0.6 is 0 Å². The van der Waals surface area contributed by atoms with Gasteiger partial charge in [0, 0.05) is 17.7 Å². The highest BCUT2D eigenvalue weighted by atomic mass is 19.1. The Morgan fingerprint density at radius 1 is 1.20 bits per heavy atom. The van der Waals surface area contributed by atoms with Crippen molar-refractivity contribution in [3.63, 3.8) is 0 Å². The normalized spacial score (nSPS) is 14.3. The second kappa shape index (κ2) is 8.32. The zero-order valence-electron chi connectivity index (χ0n) is 12.7. The van der Waals surface area contributed by atoms with Crippen LogP contribution in [-0.4, -0.2) is 0 Å². The van der Waals surface area contributed by atoms with E-state index >= 15 is 0 Å². The largest absolute Gasteiger partial charge is 0.271 e. The zero-order chi connectivity index (χ0) is 15.1. The Bertz CT molecular complexity index is 421. The van der Waals surface area contributed by atoms with Crippen LogP contribution in [0.5, 0.6) is 0 Å². The van der Waals surface area contributed by atoms with E-state index in [2.05, 4.69) is 19.3 Å². The summed E-state index contributed by atoms with van der Waals surface area (Å²) in [5.41, 5.74) is 3.59. The summed E-state index contributed by atoms with van der Waals surface area (Å²) >= 11 is 0. The van der Waals surface area contributed by atoms with E-state index in [4.69, 9.17) is 5.84 Å². The van der Waals surface area contributed by atoms with Crippen LogP contribution in [-0.2, 0) is 0 Å². The highest BCUT2D eigenvalue weighted by molar-refractivity contribution is 5.28. The average molecular weight is 284 g/mol. The van der Waals surface area contributed by atoms with Crippen LogP contribution in [0.4, 0.5) is 8.78 Å². The van der Waals surface area contributed by atoms with Gasteiger partial charge in [0.05, 0.1) is 0 Å². The highest BCUT2D eigenvalue weighted by Gasteiger charge is 2.20. The Kier molecular flexibility index (Phi) is 7.10. The predicted octanol–water partition coefficient (Wildman–Crippen LogP) is 4.38. The SMILES string of the molecule is CCCCC(CC)CC(NN)c1cc(C)c(F)cc1F. The second-order valence-electron chi connectivity index (χ2n) is 5.49. The minimum atomic E-state index is -0.526. The lowest BCUT2D eigenvalue weighted by Crippen LogP contribution is -2.30. The van der Waals surface area contributed by atoms with Gasteiger partial charge >= 0.3 is 0 Å². The topological polar surface area (TPSA) is 38.0 Å². The van der Waals surface area contributed by atoms with Gasteiger partial charge < -0.3 is 0 Å². The molecule has 2 nitrogen and oxygen atoms in total. The monoisotopic (exact) mass is 284 g/mol. The molecule has 114 valence electrons. The van der Waals surface area contributed by atoms with Crippen molar-refractivity contribution >= 4 is 0 Å². The van der Waals surface area contributed by atoms with E-state index in [0.29, 0.717) is 17.0 Å². The fourth-order valence-electron chi connectivity index (χ4n) is 2.55. The van der Waals surface area contributed by atoms with E-state index in [-0.39, 0.29) is 6.04 Å². The number of rotatable bonds is 8. The molecule has 2 atom stereocenters. The lowest BCUT2D eigenvalue weighted by atomic mass is 9.89. The number of unbranched alkanes of at least 4 members (excludes halogenated alkanes) is 1. The second-order valence-corrected chi connectivity index (χ2v) is 5.49. The molecule has 0 bridgehead atoms. The van der Waals surface area contributed by atoms with Crippen molar-refractivity contribution < 1.29 is 8.78 Å². The number of hydrazine groups is 1. The van der Waals surface area contributed by atoms with E-state index in [0.717, 1.165) is 31.7 Å². The third-order valence-electron chi connectivity index (χ3n) is 3.97. The van der Waals surface area contributed by atoms with E-state index in [1.807, 2.05) is 0 Å². The molecule has 0 fully saturated rings. The molecule has 0 spiro atoms. The Balaban J connectivity index is 2.87. The van der Waals surface area contributed by atoms with Gasteiger partial charge in [-0.2, -0.15) is 0 Å². The van der Waals surface area contributed by atoms with Crippen LogP contribution in [0.3, 0.4) is 0 Å². The molecule has 1 rings (SSSR count). The lowest BCUT2D eigenvalue weighted by Gasteiger charge is -2.23. The molecule has 1 aromatic carbocycles. The van der Waals surface area contributed by atoms with Gasteiger partial charge in [-0.15, -0.1) is 0 Å². The molecule has 4 heteroatoms. The van der Waals surface area contributed by atoms with Gasteiger partial charge in [0.25, 0.3) is 0 Å². The van der Waals surface area contributed by atoms with Gasteiger partial charge in [0.15, 0.2) is 0 Å². The molecule has 0 aliphatic rings. The summed E-state index contributed by atoms with van der Waals surface area (Å²) in [5, 5.41) is 0. The Morgan fingerprint density at radius 3 is 2.45 bits per heavy atom. The first kappa shape index (κ1) is 17.1. The molecule has 2 unspecified atom stereocenters. The third kappa shape index (κ3) is 4.53. The summed E-state index contributed by atoms with van der Waals surface area (Å²) in [6.45, 7) is 5.94. The predicted molar refractivity (Wildman–Crippen MR) is 79.1 cm³/mol. The van der Waals surface area contributed by atoms with Crippen molar-refractivity contribution in [2.75, 3.05) is 0 Å². The molecule has 0 amide bonds. The molecule has 0 heterocycles. The molecule has 0 aliphatic carbocycles. The molecule has 3 N–H and O–H groups in total. The van der Waals surface area contributed by atoms with Gasteiger partial charge in [-0.05, 0) is 30.9 Å². The summed E-state index contributed by atoms with van der Waals surface area (Å²) in [7, 11) is 0. The van der Waals surface area contributed by atoms with Crippen LogP contribution in [0.25, 0.3) is 0 Å². The molecule has 0 aliphatic heterocycles. The Hall–Kier alpha value is -1.00. The fraction of sp³-hybridized carbons (Fsp3) is 0.625. The number of nitrogens with two attached hydrogens (primary N) is 1. The van der Waals surface area contributed by atoms with E-state index < -0.39 is 11.6 Å². The molecular formula is C16H26F2N2. The summed E-state index contributed by atoms with van der Waals surface area (Å²) in [5.74, 6) is 5.04. The molecule has 0 saturated carbocycles. The standard InChI is InChI=1S/C16H26F2N2/c1-4-6-7-12(5-2)9-16(20-19)13-8-11(3)14(17)10-15(13)18/h8,10,12,16,20H,4-7,9,19H2,1-3H3. The Labute approximate surface area is 120 Å². The van der Waals surface area contributed by atoms with Crippen molar-refractivity contribution in [1.82, 2.24) is 5.43 Å². The summed E-state index contributed by atoms with van der Waals surface area (Å²) in [4.78, 5) is 0. The van der Waals surface area contributed by atoms with Crippen molar-refractivity contribution in [2.45, 2.75) is 58.9 Å². The smallest absolute Gasteiger partial charge is 0.130 e. The average Bonchev–Trinajstić information content (AvgIpc) is 2.44. The number of halogens is 2. The number of hydrogen-bond donors (Lipinski definition) is 2. The van der Waals surface area contributed by atoms with Crippen molar-refractivity contribution in [3.8, 4) is 0 Å². The van der Waals surface area contributed by atoms with Gasteiger partial charge in [-0.3, -0.25) is 11.3 Å². The highest BCUT2D eigenvalue weighted by Crippen LogP contribution is 2.29. The zero-order valence-corrected chi connectivity index (χ0v) is 12.7. The maximum Gasteiger partial charge on any atom is 0.130 e. The maximum absolute atomic E-state index is 13.9. The van der Waals surface area contributed by atoms with Crippen LogP contribution < -0.4 is 11.3 Å². The Morgan fingerprint density at radius 2 is 1.90 bits per heavy atom. The minimum Gasteiger partial charge on any atom is -0.271 e. The van der Waals surface area contributed by atoms with Gasteiger partial charge in [0.1, 0.15) is 11.6 Å². The molecular weight excluding hydrogens is 258 g/mol. The van der Waals surface area contributed by atoms with E-state index in [9.17, 15) is 8.78 Å². The molecule has 0 aromatic heterocycles. The molecule has 0 radical (unpaired) electrons. The van der Waals surface area contributed by atoms with Gasteiger partial charge in [-0.1, -0.05) is 39.5 Å². The molecule has 1 aromatic rings. The number of benzene rings is 1. The fourth-order valence-corrected chi connectivity index (χ4v) is 2.55. The maximum atomic E-state index is 13.9. The first-order valence-corrected chi connectivity index (χ1v) is 7.45. The van der Waals surface area contributed by atoms with Crippen molar-refractivity contribution in [1.29, 1.82) is 0 Å². The third-order valence-corrected chi connectivity index (χ3v) is 3.97. The summed E-state index contributed by atoms with van der Waals surface area (Å²) in [6, 6.07) is 2.24. The lowest BCUT2D eigenvalue weighted by molar-refractivity contribution is 0.349. The first-order chi connectivity index (χ1) is 9.53. The summed E-state index contributed by atoms with van der Waals surface area (Å²) in [6.07, 6.45) is 5.25. The van der Waals surface area contributed by atoms with Gasteiger partial charge in [0.2, 0.25) is 0 Å². The van der Waals surface area contributed by atoms with E-state index in [1.165, 1.54) is 6.42 Å². The van der Waals surface area contributed by atoms with Gasteiger partial charge in [-0.25, -0.2) is 8.78 Å². The number of nitrogens with one attached hydrogen (secondary N) is 1. The van der Waals surface area contributed by atoms with Crippen molar-refractivity contribution in [2.24, 2.45) is 11.8 Å². The van der Waals surface area contributed by atoms with E-state index in [1.54, 1.807) is 13.0 Å². The number of aryl methyl sites for hydroxylation is 1. The molecule has 0 saturated heterocycles. The first-order valence-electron chi connectivity index (χ1n) is 7.45. The van der Waals surface area contributed by atoms with Crippen LogP contribution in [0.15, 0.2) is 12.1 Å². The quantitative estimate of drug-likeness (QED) is 0.549. The van der Waals surface area contributed by atoms with Crippen LogP contribution in [0.2, 0.25) is 0 Å². The minimum absolute atomic E-state index is 0.267. The van der Waals surface area contributed by atoms with Crippen LogP contribution in [0, 0.1) is 24.5 Å².